The highest BCUT2D eigenvalue weighted by Gasteiger charge is 2.20. The Kier molecular flexibility index (Phi) is 6.04. The molecule has 12 heteroatoms. The Morgan fingerprint density at radius 2 is 1.81 bits per heavy atom. The van der Waals surface area contributed by atoms with Gasteiger partial charge in [-0.05, 0) is 24.3 Å². The number of nitro benzene ring substituents is 2. The molecule has 1 N–H and O–H groups in total. The maximum atomic E-state index is 12.9. The highest BCUT2D eigenvalue weighted by molar-refractivity contribution is 7.99. The van der Waals surface area contributed by atoms with Crippen LogP contribution in [0.4, 0.5) is 17.1 Å². The molecule has 2 aromatic carbocycles. The summed E-state index contributed by atoms with van der Waals surface area (Å²) in [6.45, 7) is 0. The van der Waals surface area contributed by atoms with E-state index >= 15 is 0 Å². The van der Waals surface area contributed by atoms with Crippen molar-refractivity contribution in [1.82, 2.24) is 4.98 Å². The van der Waals surface area contributed by atoms with Crippen molar-refractivity contribution in [2.24, 2.45) is 0 Å². The number of anilines is 1. The zero-order valence-electron chi connectivity index (χ0n) is 15.9. The Labute approximate surface area is 193 Å². The van der Waals surface area contributed by atoms with Gasteiger partial charge in [-0.3, -0.25) is 25.0 Å². The van der Waals surface area contributed by atoms with Gasteiger partial charge in [0.15, 0.2) is 0 Å². The number of carbonyl (C=O) groups is 1. The van der Waals surface area contributed by atoms with Crippen molar-refractivity contribution in [1.29, 1.82) is 0 Å². The first kappa shape index (κ1) is 21.7. The lowest BCUT2D eigenvalue weighted by molar-refractivity contribution is -0.385. The van der Waals surface area contributed by atoms with E-state index in [2.05, 4.69) is 10.3 Å². The fourth-order valence-corrected chi connectivity index (χ4v) is 5.16. The van der Waals surface area contributed by atoms with Gasteiger partial charge in [-0.15, -0.1) is 11.3 Å². The molecule has 0 atom stereocenters. The molecule has 32 heavy (non-hydrogen) atoms. The van der Waals surface area contributed by atoms with E-state index in [1.54, 1.807) is 30.5 Å². The first-order valence-corrected chi connectivity index (χ1v) is 10.9. The van der Waals surface area contributed by atoms with Gasteiger partial charge in [-0.2, -0.15) is 0 Å². The molecular formula is C20H11ClN4O5S2. The zero-order chi connectivity index (χ0) is 22.8. The van der Waals surface area contributed by atoms with Crippen LogP contribution in [0.2, 0.25) is 5.02 Å². The lowest BCUT2D eigenvalue weighted by atomic mass is 10.2. The predicted molar refractivity (Wildman–Crippen MR) is 123 cm³/mol. The first-order chi connectivity index (χ1) is 15.3. The third-order valence-electron chi connectivity index (χ3n) is 4.25. The van der Waals surface area contributed by atoms with Gasteiger partial charge in [0.05, 0.1) is 14.9 Å². The first-order valence-electron chi connectivity index (χ1n) is 8.88. The summed E-state index contributed by atoms with van der Waals surface area (Å²) >= 11 is 8.55. The summed E-state index contributed by atoms with van der Waals surface area (Å²) in [6, 6.07) is 13.7. The quantitative estimate of drug-likeness (QED) is 0.255. The number of rotatable bonds is 6. The van der Waals surface area contributed by atoms with E-state index in [1.165, 1.54) is 42.1 Å². The number of amides is 1. The smallest absolute Gasteiger partial charge is 0.272 e. The molecule has 160 valence electrons. The summed E-state index contributed by atoms with van der Waals surface area (Å²) in [7, 11) is 0. The van der Waals surface area contributed by atoms with Gasteiger partial charge in [-0.1, -0.05) is 29.4 Å². The minimum Gasteiger partial charge on any atom is -0.321 e. The van der Waals surface area contributed by atoms with E-state index in [4.69, 9.17) is 11.6 Å². The van der Waals surface area contributed by atoms with Crippen molar-refractivity contribution >= 4 is 67.8 Å². The number of nitrogens with one attached hydrogen (secondary N) is 1. The molecule has 9 nitrogen and oxygen atoms in total. The van der Waals surface area contributed by atoms with Gasteiger partial charge in [-0.25, -0.2) is 4.98 Å². The van der Waals surface area contributed by atoms with Crippen LogP contribution in [0.5, 0.6) is 0 Å². The van der Waals surface area contributed by atoms with Crippen molar-refractivity contribution in [3.8, 4) is 0 Å². The average Bonchev–Trinajstić information content (AvgIpc) is 3.10. The van der Waals surface area contributed by atoms with Crippen LogP contribution in [0.1, 0.15) is 9.67 Å². The molecule has 4 rings (SSSR count). The molecule has 0 unspecified atom stereocenters. The number of benzene rings is 2. The molecule has 0 aliphatic heterocycles. The molecule has 0 radical (unpaired) electrons. The van der Waals surface area contributed by atoms with Gasteiger partial charge < -0.3 is 5.32 Å². The minimum absolute atomic E-state index is 0.114. The van der Waals surface area contributed by atoms with Gasteiger partial charge in [0.25, 0.3) is 17.3 Å². The second kappa shape index (κ2) is 8.91. The third-order valence-corrected chi connectivity index (χ3v) is 6.83. The van der Waals surface area contributed by atoms with Crippen LogP contribution in [0.3, 0.4) is 0 Å². The van der Waals surface area contributed by atoms with Crippen LogP contribution >= 0.6 is 34.7 Å². The Bertz CT molecular complexity index is 1380. The standard InChI is InChI=1S/C20H11ClN4O5S2/c21-18-15-5-4-12(24(27)28)10-16(15)32-19(18)20(26)23-11-7-13(25(29)30)9-14(8-11)31-17-3-1-2-6-22-17/h1-10H,(H,23,26). The van der Waals surface area contributed by atoms with E-state index in [0.717, 1.165) is 11.3 Å². The number of thiophene rings is 1. The second-order valence-corrected chi connectivity index (χ2v) is 8.90. The van der Waals surface area contributed by atoms with E-state index in [1.807, 2.05) is 0 Å². The van der Waals surface area contributed by atoms with Crippen LogP contribution < -0.4 is 5.32 Å². The summed E-state index contributed by atoms with van der Waals surface area (Å²) < 4.78 is 0.486. The van der Waals surface area contributed by atoms with Crippen LogP contribution in [-0.2, 0) is 0 Å². The molecule has 0 bridgehead atoms. The van der Waals surface area contributed by atoms with Crippen molar-refractivity contribution in [3.05, 3.63) is 90.9 Å². The molecule has 0 spiro atoms. The molecule has 4 aromatic rings. The number of nitrogens with zero attached hydrogens (tertiary/aromatic N) is 3. The number of halogens is 1. The van der Waals surface area contributed by atoms with E-state index < -0.39 is 15.8 Å². The largest absolute Gasteiger partial charge is 0.321 e. The average molecular weight is 487 g/mol. The lowest BCUT2D eigenvalue weighted by Gasteiger charge is -2.07. The van der Waals surface area contributed by atoms with Crippen molar-refractivity contribution in [3.63, 3.8) is 0 Å². The SMILES string of the molecule is O=C(Nc1cc(Sc2ccccn2)cc([N+](=O)[O-])c1)c1sc2cc([N+](=O)[O-])ccc2c1Cl. The molecule has 0 saturated heterocycles. The van der Waals surface area contributed by atoms with Gasteiger partial charge >= 0.3 is 0 Å². The molecule has 2 aromatic heterocycles. The van der Waals surface area contributed by atoms with Crippen LogP contribution in [-0.4, -0.2) is 20.7 Å². The monoisotopic (exact) mass is 486 g/mol. The third kappa shape index (κ3) is 4.54. The molecule has 2 heterocycles. The molecule has 0 aliphatic rings. The number of fused-ring (bicyclic) bond motifs is 1. The number of hydrogen-bond acceptors (Lipinski definition) is 8. The summed E-state index contributed by atoms with van der Waals surface area (Å²) in [6.07, 6.45) is 1.61. The van der Waals surface area contributed by atoms with Crippen molar-refractivity contribution in [2.75, 3.05) is 5.32 Å². The fraction of sp³-hybridized carbons (Fsp3) is 0. The van der Waals surface area contributed by atoms with Gasteiger partial charge in [0, 0.05) is 51.1 Å². The molecule has 0 fully saturated rings. The summed E-state index contributed by atoms with van der Waals surface area (Å²) in [4.78, 5) is 39.0. The molecule has 0 saturated carbocycles. The summed E-state index contributed by atoms with van der Waals surface area (Å²) in [5.41, 5.74) is -0.0984. The topological polar surface area (TPSA) is 128 Å². The summed E-state index contributed by atoms with van der Waals surface area (Å²) in [5.74, 6) is -0.576. The Morgan fingerprint density at radius 1 is 1.03 bits per heavy atom. The predicted octanol–water partition coefficient (Wildman–Crippen LogP) is 6.17. The number of nitro groups is 2. The van der Waals surface area contributed by atoms with Crippen LogP contribution in [0.15, 0.2) is 70.7 Å². The number of hydrogen-bond donors (Lipinski definition) is 1. The highest BCUT2D eigenvalue weighted by Crippen LogP contribution is 2.38. The van der Waals surface area contributed by atoms with E-state index in [-0.39, 0.29) is 27.0 Å². The zero-order valence-corrected chi connectivity index (χ0v) is 18.2. The maximum absolute atomic E-state index is 12.9. The maximum Gasteiger partial charge on any atom is 0.272 e. The Hall–Kier alpha value is -3.54. The van der Waals surface area contributed by atoms with Crippen molar-refractivity contribution < 1.29 is 14.6 Å². The van der Waals surface area contributed by atoms with E-state index in [0.29, 0.717) is 20.0 Å². The normalized spacial score (nSPS) is 10.8. The highest BCUT2D eigenvalue weighted by atomic mass is 35.5. The summed E-state index contributed by atoms with van der Waals surface area (Å²) in [5, 5.41) is 26.3. The molecule has 1 amide bonds. The van der Waals surface area contributed by atoms with Crippen molar-refractivity contribution in [2.45, 2.75) is 9.92 Å². The number of carbonyl (C=O) groups excluding carboxylic acids is 1. The molecule has 0 aliphatic carbocycles. The Balaban J connectivity index is 1.66. The van der Waals surface area contributed by atoms with Gasteiger partial charge in [0.2, 0.25) is 0 Å². The van der Waals surface area contributed by atoms with Gasteiger partial charge in [0.1, 0.15) is 9.90 Å². The number of pyridine rings is 1. The fourth-order valence-electron chi connectivity index (χ4n) is 2.85. The van der Waals surface area contributed by atoms with Crippen LogP contribution in [0.25, 0.3) is 10.1 Å². The number of non-ortho nitro benzene ring substituents is 2. The number of aromatic nitrogens is 1. The van der Waals surface area contributed by atoms with E-state index in [9.17, 15) is 25.0 Å². The minimum atomic E-state index is -0.576. The second-order valence-electron chi connectivity index (χ2n) is 6.38. The van der Waals surface area contributed by atoms with Crippen LogP contribution in [0, 0.1) is 20.2 Å². The lowest BCUT2D eigenvalue weighted by Crippen LogP contribution is -2.11. The molecular weight excluding hydrogens is 476 g/mol. The Morgan fingerprint density at radius 3 is 2.50 bits per heavy atom.